The Morgan fingerprint density at radius 2 is 1.62 bits per heavy atom. The maximum atomic E-state index is 8.95. The minimum atomic E-state index is 0.461. The van der Waals surface area contributed by atoms with Gasteiger partial charge in [-0.25, -0.2) is 0 Å². The predicted molar refractivity (Wildman–Crippen MR) is 61.9 cm³/mol. The number of benzene rings is 1. The Hall–Kier alpha value is -2.00. The predicted octanol–water partition coefficient (Wildman–Crippen LogP) is 2.42. The van der Waals surface area contributed by atoms with Gasteiger partial charge in [0.15, 0.2) is 0 Å². The first-order valence-corrected chi connectivity index (χ1v) is 5.54. The molecule has 0 spiro atoms. The number of rotatable bonds is 1. The van der Waals surface area contributed by atoms with Gasteiger partial charge in [-0.3, -0.25) is 0 Å². The monoisotopic (exact) mass is 211 g/mol. The normalized spacial score (nSPS) is 15.2. The second-order valence-corrected chi connectivity index (χ2v) is 4.00. The van der Waals surface area contributed by atoms with Gasteiger partial charge in [-0.15, -0.1) is 0 Å². The first-order valence-electron chi connectivity index (χ1n) is 5.54. The molecule has 3 nitrogen and oxygen atoms in total. The minimum absolute atomic E-state index is 0.461. The van der Waals surface area contributed by atoms with E-state index in [1.54, 1.807) is 6.07 Å². The lowest BCUT2D eigenvalue weighted by molar-refractivity contribution is 0.578. The molecule has 1 heterocycles. The Kier molecular flexibility index (Phi) is 3.08. The van der Waals surface area contributed by atoms with Gasteiger partial charge in [-0.05, 0) is 37.5 Å². The van der Waals surface area contributed by atoms with E-state index in [0.717, 1.165) is 18.8 Å². The highest BCUT2D eigenvalue weighted by Gasteiger charge is 2.12. The number of piperidine rings is 1. The molecule has 0 radical (unpaired) electrons. The average molecular weight is 211 g/mol. The van der Waals surface area contributed by atoms with Crippen LogP contribution in [0.2, 0.25) is 0 Å². The molecule has 1 aromatic rings. The molecule has 3 heteroatoms. The number of hydrogen-bond acceptors (Lipinski definition) is 3. The highest BCUT2D eigenvalue weighted by molar-refractivity contribution is 5.57. The first-order chi connectivity index (χ1) is 7.85. The Labute approximate surface area is 95.5 Å². The van der Waals surface area contributed by atoms with E-state index < -0.39 is 0 Å². The summed E-state index contributed by atoms with van der Waals surface area (Å²) in [7, 11) is 0. The molecule has 0 aliphatic carbocycles. The zero-order valence-electron chi connectivity index (χ0n) is 9.11. The van der Waals surface area contributed by atoms with Gasteiger partial charge in [0.2, 0.25) is 0 Å². The Morgan fingerprint density at radius 3 is 2.25 bits per heavy atom. The van der Waals surface area contributed by atoms with Crippen molar-refractivity contribution in [1.82, 2.24) is 0 Å². The van der Waals surface area contributed by atoms with E-state index in [9.17, 15) is 0 Å². The Morgan fingerprint density at radius 1 is 0.938 bits per heavy atom. The van der Waals surface area contributed by atoms with E-state index >= 15 is 0 Å². The van der Waals surface area contributed by atoms with Crippen LogP contribution in [0.15, 0.2) is 18.2 Å². The van der Waals surface area contributed by atoms with Crippen LogP contribution in [0.1, 0.15) is 30.4 Å². The fourth-order valence-electron chi connectivity index (χ4n) is 2.07. The van der Waals surface area contributed by atoms with Gasteiger partial charge in [0.1, 0.15) is 12.1 Å². The van der Waals surface area contributed by atoms with Gasteiger partial charge in [-0.1, -0.05) is 0 Å². The molecule has 1 aliphatic heterocycles. The van der Waals surface area contributed by atoms with Crippen molar-refractivity contribution < 1.29 is 0 Å². The van der Waals surface area contributed by atoms with Crippen LogP contribution in [0.4, 0.5) is 5.69 Å². The topological polar surface area (TPSA) is 50.8 Å². The highest BCUT2D eigenvalue weighted by atomic mass is 15.1. The van der Waals surface area contributed by atoms with Crippen molar-refractivity contribution in [1.29, 1.82) is 10.5 Å². The van der Waals surface area contributed by atoms with Gasteiger partial charge in [-0.2, -0.15) is 10.5 Å². The largest absolute Gasteiger partial charge is 0.371 e. The van der Waals surface area contributed by atoms with Crippen LogP contribution in [-0.4, -0.2) is 13.1 Å². The number of nitriles is 2. The van der Waals surface area contributed by atoms with Crippen LogP contribution >= 0.6 is 0 Å². The fourth-order valence-corrected chi connectivity index (χ4v) is 2.07. The third-order valence-corrected chi connectivity index (χ3v) is 2.97. The number of anilines is 1. The van der Waals surface area contributed by atoms with Crippen molar-refractivity contribution in [2.45, 2.75) is 19.3 Å². The van der Waals surface area contributed by atoms with E-state index in [1.165, 1.54) is 19.3 Å². The molecule has 0 saturated carbocycles. The van der Waals surface area contributed by atoms with Crippen molar-refractivity contribution in [2.75, 3.05) is 18.0 Å². The minimum Gasteiger partial charge on any atom is -0.371 e. The maximum absolute atomic E-state index is 8.95. The molecule has 0 amide bonds. The number of hydrogen-bond donors (Lipinski definition) is 0. The molecule has 0 bridgehead atoms. The summed E-state index contributed by atoms with van der Waals surface area (Å²) in [6, 6.07) is 9.61. The van der Waals surface area contributed by atoms with Crippen LogP contribution < -0.4 is 4.90 Å². The third-order valence-electron chi connectivity index (χ3n) is 2.97. The van der Waals surface area contributed by atoms with Gasteiger partial charge < -0.3 is 4.90 Å². The second-order valence-electron chi connectivity index (χ2n) is 4.00. The van der Waals surface area contributed by atoms with Crippen LogP contribution in [-0.2, 0) is 0 Å². The summed E-state index contributed by atoms with van der Waals surface area (Å²) in [4.78, 5) is 2.28. The fraction of sp³-hybridized carbons (Fsp3) is 0.385. The highest BCUT2D eigenvalue weighted by Crippen LogP contribution is 2.22. The van der Waals surface area contributed by atoms with Crippen molar-refractivity contribution in [3.8, 4) is 12.1 Å². The lowest BCUT2D eigenvalue weighted by atomic mass is 10.1. The summed E-state index contributed by atoms with van der Waals surface area (Å²) >= 11 is 0. The average Bonchev–Trinajstić information content (AvgIpc) is 2.39. The number of nitrogens with zero attached hydrogens (tertiary/aromatic N) is 3. The summed E-state index contributed by atoms with van der Waals surface area (Å²) < 4.78 is 0. The van der Waals surface area contributed by atoms with Crippen LogP contribution in [0.5, 0.6) is 0 Å². The molecule has 1 saturated heterocycles. The van der Waals surface area contributed by atoms with Gasteiger partial charge in [0.25, 0.3) is 0 Å². The van der Waals surface area contributed by atoms with Crippen molar-refractivity contribution in [3.63, 3.8) is 0 Å². The molecule has 1 aromatic carbocycles. The van der Waals surface area contributed by atoms with Crippen molar-refractivity contribution in [2.24, 2.45) is 0 Å². The molecule has 80 valence electrons. The zero-order valence-corrected chi connectivity index (χ0v) is 9.11. The molecule has 0 unspecified atom stereocenters. The summed E-state index contributed by atoms with van der Waals surface area (Å²) in [6.45, 7) is 2.10. The smallest absolute Gasteiger partial charge is 0.101 e. The summed E-state index contributed by atoms with van der Waals surface area (Å²) in [5.74, 6) is 0. The van der Waals surface area contributed by atoms with Crippen molar-refractivity contribution in [3.05, 3.63) is 29.3 Å². The lowest BCUT2D eigenvalue weighted by Gasteiger charge is -2.28. The summed E-state index contributed by atoms with van der Waals surface area (Å²) in [5.41, 5.74) is 2.00. The second kappa shape index (κ2) is 4.68. The van der Waals surface area contributed by atoms with E-state index in [-0.39, 0.29) is 0 Å². The zero-order chi connectivity index (χ0) is 11.4. The SMILES string of the molecule is N#Cc1ccc(N2CCCCC2)cc1C#N. The first kappa shape index (κ1) is 10.5. The Balaban J connectivity index is 2.29. The molecular formula is C13H13N3. The molecule has 1 aliphatic rings. The van der Waals surface area contributed by atoms with E-state index in [0.29, 0.717) is 11.1 Å². The van der Waals surface area contributed by atoms with E-state index in [2.05, 4.69) is 11.0 Å². The van der Waals surface area contributed by atoms with Crippen LogP contribution in [0.3, 0.4) is 0 Å². The molecule has 0 N–H and O–H groups in total. The van der Waals surface area contributed by atoms with Gasteiger partial charge in [0.05, 0.1) is 11.1 Å². The maximum Gasteiger partial charge on any atom is 0.101 e. The lowest BCUT2D eigenvalue weighted by Crippen LogP contribution is -2.29. The van der Waals surface area contributed by atoms with E-state index in [1.807, 2.05) is 18.2 Å². The molecule has 0 aromatic heterocycles. The van der Waals surface area contributed by atoms with Crippen LogP contribution in [0.25, 0.3) is 0 Å². The van der Waals surface area contributed by atoms with Crippen LogP contribution in [0, 0.1) is 22.7 Å². The standard InChI is InChI=1S/C13H13N3/c14-9-11-4-5-13(8-12(11)10-15)16-6-2-1-3-7-16/h4-5,8H,1-3,6-7H2. The van der Waals surface area contributed by atoms with Crippen molar-refractivity contribution >= 4 is 5.69 Å². The summed E-state index contributed by atoms with van der Waals surface area (Å²) in [5, 5.41) is 17.8. The third kappa shape index (κ3) is 1.99. The molecule has 16 heavy (non-hydrogen) atoms. The molecule has 2 rings (SSSR count). The molecule has 1 fully saturated rings. The van der Waals surface area contributed by atoms with E-state index in [4.69, 9.17) is 10.5 Å². The van der Waals surface area contributed by atoms with Gasteiger partial charge in [0, 0.05) is 18.8 Å². The molecular weight excluding hydrogens is 198 g/mol. The molecule has 0 atom stereocenters. The quantitative estimate of drug-likeness (QED) is 0.716. The Bertz CT molecular complexity index is 459. The van der Waals surface area contributed by atoms with Gasteiger partial charge >= 0.3 is 0 Å². The summed E-state index contributed by atoms with van der Waals surface area (Å²) in [6.07, 6.45) is 3.71.